The molecule has 4 aliphatic rings. The summed E-state index contributed by atoms with van der Waals surface area (Å²) in [6.45, 7) is 3.25. The summed E-state index contributed by atoms with van der Waals surface area (Å²) in [7, 11) is 0. The molecule has 4 aliphatic heterocycles. The molecule has 29 N–H and O–H groups in total. The van der Waals surface area contributed by atoms with E-state index >= 15 is 0 Å². The van der Waals surface area contributed by atoms with Gasteiger partial charge in [0.25, 0.3) is 0 Å². The summed E-state index contributed by atoms with van der Waals surface area (Å²) in [4.78, 5) is 260. The first kappa shape index (κ1) is 95.7. The molecule has 119 heavy (non-hydrogen) atoms. The zero-order valence-electron chi connectivity index (χ0n) is 66.9. The van der Waals surface area contributed by atoms with Gasteiger partial charge in [-0.25, -0.2) is 14.8 Å². The molecule has 0 aromatic carbocycles. The minimum atomic E-state index is -1.90. The fourth-order valence-corrected chi connectivity index (χ4v) is 14.4. The number of guanidine groups is 2. The molecule has 15 amide bonds. The number of likely N-dealkylation sites (tertiary alicyclic amines) is 4. The topological polar surface area (TPSA) is 748 Å². The van der Waals surface area contributed by atoms with Crippen molar-refractivity contribution in [3.05, 3.63) is 36.4 Å². The van der Waals surface area contributed by atoms with E-state index in [0.29, 0.717) is 25.0 Å². The van der Waals surface area contributed by atoms with E-state index in [0.717, 1.165) is 9.80 Å². The number of aliphatic carboxylic acids is 2. The summed E-state index contributed by atoms with van der Waals surface area (Å²) >= 11 is 0. The minimum Gasteiger partial charge on any atom is -0.481 e. The highest BCUT2D eigenvalue weighted by Crippen LogP contribution is 2.25. The molecule has 0 spiro atoms. The predicted molar refractivity (Wildman–Crippen MR) is 421 cm³/mol. The number of H-pyrrole nitrogens is 2. The third-order valence-corrected chi connectivity index (χ3v) is 20.3. The van der Waals surface area contributed by atoms with Gasteiger partial charge in [-0.1, -0.05) is 13.8 Å². The Bertz CT molecular complexity index is 3930. The van der Waals surface area contributed by atoms with Gasteiger partial charge in [0.05, 0.1) is 44.7 Å². The minimum absolute atomic E-state index is 0.0195. The average Bonchev–Trinajstić information content (AvgIpc) is 1.72. The number of carbonyl (C=O) groups is 17. The maximum absolute atomic E-state index is 14.7. The zero-order valence-corrected chi connectivity index (χ0v) is 66.9. The first-order chi connectivity index (χ1) is 56.5. The van der Waals surface area contributed by atoms with Gasteiger partial charge in [0.15, 0.2) is 11.9 Å². The number of carbonyl (C=O) groups excluding carboxylic acids is 15. The van der Waals surface area contributed by atoms with E-state index in [1.165, 1.54) is 41.8 Å². The zero-order chi connectivity index (χ0) is 87.7. The van der Waals surface area contributed by atoms with Crippen LogP contribution in [-0.2, 0) is 94.3 Å². The van der Waals surface area contributed by atoms with E-state index in [-0.39, 0.29) is 166 Å². The lowest BCUT2D eigenvalue weighted by Gasteiger charge is -2.31. The monoisotopic (exact) mass is 1680 g/mol. The molecule has 14 atom stereocenters. The van der Waals surface area contributed by atoms with Crippen LogP contribution in [0.1, 0.15) is 148 Å². The van der Waals surface area contributed by atoms with Gasteiger partial charge < -0.3 is 138 Å². The second-order valence-corrected chi connectivity index (χ2v) is 30.0. The Kier molecular flexibility index (Phi) is 38.0. The Morgan fingerprint density at radius 1 is 0.479 bits per heavy atom. The van der Waals surface area contributed by atoms with Crippen LogP contribution < -0.4 is 93.3 Å². The van der Waals surface area contributed by atoms with Crippen molar-refractivity contribution in [1.82, 2.24) is 92.7 Å². The van der Waals surface area contributed by atoms with Gasteiger partial charge in [0.2, 0.25) is 88.6 Å². The van der Waals surface area contributed by atoms with Gasteiger partial charge in [-0.15, -0.1) is 0 Å². The Labute approximate surface area is 684 Å². The van der Waals surface area contributed by atoms with Crippen molar-refractivity contribution in [3.63, 3.8) is 0 Å². The van der Waals surface area contributed by atoms with Gasteiger partial charge >= 0.3 is 11.9 Å². The van der Waals surface area contributed by atoms with Crippen molar-refractivity contribution in [2.24, 2.45) is 56.0 Å². The van der Waals surface area contributed by atoms with Gasteiger partial charge in [-0.05, 0) is 122 Å². The first-order valence-electron chi connectivity index (χ1n) is 39.6. The van der Waals surface area contributed by atoms with Crippen LogP contribution in [0, 0.1) is 5.92 Å². The lowest BCUT2D eigenvalue weighted by atomic mass is 10.0. The number of unbranched alkanes of at least 4 members (excludes halogenated alkanes) is 1. The molecular weight excluding hydrogens is 1560 g/mol. The molecular formula is C72H115N27O20. The number of rotatable bonds is 48. The van der Waals surface area contributed by atoms with Crippen molar-refractivity contribution in [2.45, 2.75) is 234 Å². The third kappa shape index (κ3) is 29.8. The summed E-state index contributed by atoms with van der Waals surface area (Å²) in [6, 6.07) is -19.9. The van der Waals surface area contributed by atoms with Crippen molar-refractivity contribution in [3.8, 4) is 0 Å². The van der Waals surface area contributed by atoms with Crippen LogP contribution in [0.5, 0.6) is 0 Å². The van der Waals surface area contributed by atoms with E-state index in [1.54, 1.807) is 0 Å². The number of aromatic nitrogens is 4. The van der Waals surface area contributed by atoms with Crippen LogP contribution in [-0.4, -0.2) is 311 Å². The van der Waals surface area contributed by atoms with Crippen LogP contribution in [0.15, 0.2) is 35.0 Å². The maximum Gasteiger partial charge on any atom is 0.326 e. The Balaban J connectivity index is 1.10. The first-order valence-corrected chi connectivity index (χ1v) is 39.6. The molecule has 47 heteroatoms. The molecule has 4 saturated heterocycles. The fourth-order valence-electron chi connectivity index (χ4n) is 14.4. The molecule has 0 aliphatic carbocycles. The van der Waals surface area contributed by atoms with E-state index < -0.39 is 211 Å². The SMILES string of the molecule is CC(C)C[C@H](NC(=O)[C@@H](N)Cc1cnc[nH]1)C(=O)N1CCC[C@H]1C(=O)NCC(=O)N[C@@H](CC(N)=O)C(=O)N[C@@H](CCCCN)C(=O)N[C@@H](CO)C(=O)N1CCC[C@H]1C(=O)N[C@@H](Cc1cnc[nH]1)C(=O)N[C@@H](CCCN=C(N)N)C(=O)N[C@@H](CC(=O)O)C(=O)N1CCC[C@H]1C(=O)N[C@@H](C)C(=O)N1CCC[C@H]1C(=O)N[C@@H](CCCN=C(N)N)C(=O)O. The van der Waals surface area contributed by atoms with Crippen molar-refractivity contribution in [1.29, 1.82) is 0 Å². The van der Waals surface area contributed by atoms with Crippen molar-refractivity contribution in [2.75, 3.05) is 59.0 Å². The lowest BCUT2D eigenvalue weighted by Crippen LogP contribution is -2.61. The average molecular weight is 1680 g/mol. The number of hydrogen-bond acceptors (Lipinski definition) is 24. The van der Waals surface area contributed by atoms with Crippen LogP contribution in [0.3, 0.4) is 0 Å². The standard InChI is InChI=1S/C72H115N27O20/c1-37(2)26-47(93-57(105)41(74)27-39-31-80-35-85-39)67(115)97-23-8-15-50(97)62(110)84-33-55(102)88-46(29-54(75)101)61(109)89-42(12-4-5-19-73)59(107)95-49(34-100)69(117)99-25-11-18-53(99)65(113)92-45(28-40-32-81-36-86-40)60(108)90-43(13-6-20-82-71(76)77)58(106)94-48(30-56(103)104)68(116)98-24-10-16-51(98)63(111)87-38(3)66(114)96-22-9-17-52(96)64(112)91-44(70(118)119)14-7-21-83-72(78)79/h31-32,35-38,41-53,100H,4-30,33-34,73-74H2,1-3H3,(H2,75,101)(H,80,85)(H,81,86)(H,84,110)(H,87,111)(H,88,102)(H,89,109)(H,90,108)(H,91,112)(H,92,113)(H,93,105)(H,94,106)(H,95,107)(H,103,104)(H,118,119)(H4,76,77,82)(H4,78,79,83)/t38-,41-,42-,43-,44-,45-,46-,47-,48-,49-,50-,51-,52-,53-/m0/s1. The van der Waals surface area contributed by atoms with Crippen LogP contribution in [0.25, 0.3) is 0 Å². The number of hydrogen-bond donors (Lipinski definition) is 22. The molecule has 2 aromatic heterocycles. The lowest BCUT2D eigenvalue weighted by molar-refractivity contribution is -0.147. The smallest absolute Gasteiger partial charge is 0.326 e. The normalized spacial score (nSPS) is 18.8. The third-order valence-electron chi connectivity index (χ3n) is 20.3. The van der Waals surface area contributed by atoms with E-state index in [2.05, 4.69) is 83.1 Å². The second kappa shape index (κ2) is 47.3. The molecule has 0 radical (unpaired) electrons. The number of nitrogens with zero attached hydrogens (tertiary/aromatic N) is 8. The molecule has 0 bridgehead atoms. The fraction of sp³-hybridized carbons (Fsp3) is 0.653. The number of carboxylic acid groups (broad SMARTS) is 2. The number of aliphatic imine (C=N–C) groups is 2. The van der Waals surface area contributed by atoms with E-state index in [1.807, 2.05) is 13.8 Å². The molecule has 2 aromatic rings. The number of amides is 15. The summed E-state index contributed by atoms with van der Waals surface area (Å²) < 4.78 is 0. The number of aliphatic hydroxyl groups excluding tert-OH is 1. The number of nitrogens with one attached hydrogen (secondary N) is 12. The number of imidazole rings is 2. The number of aliphatic hydroxyl groups is 1. The number of aromatic amines is 2. The van der Waals surface area contributed by atoms with E-state index in [9.17, 15) is 96.8 Å². The van der Waals surface area contributed by atoms with Gasteiger partial charge in [-0.3, -0.25) is 86.7 Å². The molecule has 6 rings (SSSR count). The van der Waals surface area contributed by atoms with Gasteiger partial charge in [-0.2, -0.15) is 0 Å². The Morgan fingerprint density at radius 2 is 0.899 bits per heavy atom. The largest absolute Gasteiger partial charge is 0.481 e. The van der Waals surface area contributed by atoms with Crippen molar-refractivity contribution >= 4 is 112 Å². The molecule has 0 unspecified atom stereocenters. The summed E-state index contributed by atoms with van der Waals surface area (Å²) in [5.74, 6) is -17.1. The van der Waals surface area contributed by atoms with E-state index in [4.69, 9.17) is 40.1 Å². The highest BCUT2D eigenvalue weighted by atomic mass is 16.4. The number of primary amides is 1. The molecule has 0 saturated carbocycles. The summed E-state index contributed by atoms with van der Waals surface area (Å²) in [5.41, 5.74) is 40.1. The van der Waals surface area contributed by atoms with Crippen LogP contribution >= 0.6 is 0 Å². The van der Waals surface area contributed by atoms with Gasteiger partial charge in [0.1, 0.15) is 78.5 Å². The quantitative estimate of drug-likeness (QED) is 0.0166. The molecule has 4 fully saturated rings. The predicted octanol–water partition coefficient (Wildman–Crippen LogP) is -9.58. The summed E-state index contributed by atoms with van der Waals surface area (Å²) in [5, 5.41) is 55.7. The van der Waals surface area contributed by atoms with Crippen molar-refractivity contribution < 1.29 is 96.8 Å². The molecule has 658 valence electrons. The molecule has 6 heterocycles. The van der Waals surface area contributed by atoms with Gasteiger partial charge in [0, 0.05) is 75.9 Å². The maximum atomic E-state index is 14.7. The highest BCUT2D eigenvalue weighted by Gasteiger charge is 2.45. The Morgan fingerprint density at radius 3 is 1.36 bits per heavy atom. The Hall–Kier alpha value is -12.2. The summed E-state index contributed by atoms with van der Waals surface area (Å²) in [6.07, 6.45) is 5.26. The van der Waals surface area contributed by atoms with Crippen LogP contribution in [0.4, 0.5) is 0 Å². The molecule has 47 nitrogen and oxygen atoms in total. The number of carboxylic acids is 2. The number of nitrogens with two attached hydrogens (primary N) is 7. The van der Waals surface area contributed by atoms with Crippen LogP contribution in [0.2, 0.25) is 0 Å². The second-order valence-electron chi connectivity index (χ2n) is 30.0. The highest BCUT2D eigenvalue weighted by molar-refractivity contribution is 6.02.